The van der Waals surface area contributed by atoms with Gasteiger partial charge in [0, 0.05) is 18.1 Å². The van der Waals surface area contributed by atoms with Crippen LogP contribution in [0.3, 0.4) is 0 Å². The van der Waals surface area contributed by atoms with Crippen molar-refractivity contribution in [1.82, 2.24) is 10.3 Å². The Morgan fingerprint density at radius 3 is 2.94 bits per heavy atom. The van der Waals surface area contributed by atoms with Crippen LogP contribution < -0.4 is 5.32 Å². The third-order valence-corrected chi connectivity index (χ3v) is 2.80. The molecule has 2 aromatic rings. The van der Waals surface area contributed by atoms with Crippen LogP contribution in [0.4, 0.5) is 0 Å². The summed E-state index contributed by atoms with van der Waals surface area (Å²) in [6.45, 7) is 1.06. The number of amides is 1. The van der Waals surface area contributed by atoms with Gasteiger partial charge in [-0.05, 0) is 19.1 Å². The molecule has 4 N–H and O–H groups in total. The van der Waals surface area contributed by atoms with E-state index < -0.39 is 12.2 Å². The average molecular weight is 248 g/mol. The number of aliphatic hydroxyl groups is 2. The van der Waals surface area contributed by atoms with Gasteiger partial charge in [0.15, 0.2) is 0 Å². The van der Waals surface area contributed by atoms with E-state index >= 15 is 0 Å². The number of fused-ring (bicyclic) bond motifs is 1. The second-order valence-electron chi connectivity index (χ2n) is 4.59. The van der Waals surface area contributed by atoms with E-state index in [9.17, 15) is 9.90 Å². The van der Waals surface area contributed by atoms with Crippen LogP contribution in [0.15, 0.2) is 30.5 Å². The van der Waals surface area contributed by atoms with Gasteiger partial charge in [0.25, 0.3) is 5.91 Å². The molecule has 1 aromatic heterocycles. The van der Waals surface area contributed by atoms with Crippen LogP contribution >= 0.6 is 0 Å². The van der Waals surface area contributed by atoms with E-state index in [4.69, 9.17) is 5.11 Å². The number of carbonyl (C=O) groups excluding carboxylic acids is 1. The van der Waals surface area contributed by atoms with Crippen molar-refractivity contribution in [2.24, 2.45) is 0 Å². The second-order valence-corrected chi connectivity index (χ2v) is 4.59. The SMILES string of the molecule is CC(O)(CO)CNC(=O)c1cccc2cc[nH]c12. The molecule has 1 aromatic carbocycles. The molecular weight excluding hydrogens is 232 g/mol. The van der Waals surface area contributed by atoms with Gasteiger partial charge in [-0.1, -0.05) is 12.1 Å². The zero-order valence-corrected chi connectivity index (χ0v) is 10.1. The molecular formula is C13H16N2O3. The highest BCUT2D eigenvalue weighted by molar-refractivity contribution is 6.05. The van der Waals surface area contributed by atoms with Crippen molar-refractivity contribution in [3.05, 3.63) is 36.0 Å². The van der Waals surface area contributed by atoms with Crippen molar-refractivity contribution in [3.8, 4) is 0 Å². The summed E-state index contributed by atoms with van der Waals surface area (Å²) < 4.78 is 0. The molecule has 0 radical (unpaired) electrons. The first-order valence-electron chi connectivity index (χ1n) is 5.71. The Kier molecular flexibility index (Phi) is 3.36. The van der Waals surface area contributed by atoms with Crippen molar-refractivity contribution >= 4 is 16.8 Å². The highest BCUT2D eigenvalue weighted by atomic mass is 16.3. The van der Waals surface area contributed by atoms with Gasteiger partial charge in [0.1, 0.15) is 5.60 Å². The smallest absolute Gasteiger partial charge is 0.253 e. The van der Waals surface area contributed by atoms with E-state index in [-0.39, 0.29) is 12.5 Å². The molecule has 2 rings (SSSR count). The molecule has 1 atom stereocenters. The fourth-order valence-electron chi connectivity index (χ4n) is 1.70. The summed E-state index contributed by atoms with van der Waals surface area (Å²) in [5.74, 6) is -0.281. The van der Waals surface area contributed by atoms with Gasteiger partial charge < -0.3 is 20.5 Å². The molecule has 96 valence electrons. The van der Waals surface area contributed by atoms with Crippen molar-refractivity contribution in [2.45, 2.75) is 12.5 Å². The first-order valence-corrected chi connectivity index (χ1v) is 5.71. The van der Waals surface area contributed by atoms with Crippen LogP contribution in [0.25, 0.3) is 10.9 Å². The van der Waals surface area contributed by atoms with E-state index in [0.717, 1.165) is 10.9 Å². The minimum Gasteiger partial charge on any atom is -0.393 e. The van der Waals surface area contributed by atoms with Gasteiger partial charge in [-0.15, -0.1) is 0 Å². The maximum atomic E-state index is 12.0. The number of hydrogen-bond donors (Lipinski definition) is 4. The summed E-state index contributed by atoms with van der Waals surface area (Å²) in [7, 11) is 0. The van der Waals surface area contributed by atoms with Crippen molar-refractivity contribution in [2.75, 3.05) is 13.2 Å². The molecule has 1 heterocycles. The van der Waals surface area contributed by atoms with Gasteiger partial charge in [-0.25, -0.2) is 0 Å². The minimum atomic E-state index is -1.31. The molecule has 5 heteroatoms. The zero-order chi connectivity index (χ0) is 13.2. The second kappa shape index (κ2) is 4.80. The molecule has 1 unspecified atom stereocenters. The number of H-pyrrole nitrogens is 1. The fourth-order valence-corrected chi connectivity index (χ4v) is 1.70. The van der Waals surface area contributed by atoms with Gasteiger partial charge in [-0.3, -0.25) is 4.79 Å². The van der Waals surface area contributed by atoms with Gasteiger partial charge in [-0.2, -0.15) is 0 Å². The van der Waals surface area contributed by atoms with Crippen molar-refractivity contribution in [1.29, 1.82) is 0 Å². The lowest BCUT2D eigenvalue weighted by molar-refractivity contribution is 0.00321. The number of aliphatic hydroxyl groups excluding tert-OH is 1. The highest BCUT2D eigenvalue weighted by Gasteiger charge is 2.20. The third-order valence-electron chi connectivity index (χ3n) is 2.80. The Morgan fingerprint density at radius 2 is 2.22 bits per heavy atom. The van der Waals surface area contributed by atoms with Crippen molar-refractivity contribution in [3.63, 3.8) is 0 Å². The van der Waals surface area contributed by atoms with Crippen LogP contribution in [0.2, 0.25) is 0 Å². The number of benzene rings is 1. The summed E-state index contributed by atoms with van der Waals surface area (Å²) in [5, 5.41) is 22.1. The van der Waals surface area contributed by atoms with Crippen LogP contribution in [-0.2, 0) is 0 Å². The van der Waals surface area contributed by atoms with Crippen LogP contribution in [0.5, 0.6) is 0 Å². The van der Waals surface area contributed by atoms with Gasteiger partial charge in [0.05, 0.1) is 17.7 Å². The fraction of sp³-hybridized carbons (Fsp3) is 0.308. The highest BCUT2D eigenvalue weighted by Crippen LogP contribution is 2.16. The Labute approximate surface area is 104 Å². The molecule has 5 nitrogen and oxygen atoms in total. The van der Waals surface area contributed by atoms with E-state index in [1.165, 1.54) is 6.92 Å². The minimum absolute atomic E-state index is 0.000566. The Morgan fingerprint density at radius 1 is 1.44 bits per heavy atom. The van der Waals surface area contributed by atoms with E-state index in [0.29, 0.717) is 5.56 Å². The molecule has 18 heavy (non-hydrogen) atoms. The number of para-hydroxylation sites is 1. The molecule has 0 aliphatic rings. The Balaban J connectivity index is 2.17. The lowest BCUT2D eigenvalue weighted by Gasteiger charge is -2.20. The lowest BCUT2D eigenvalue weighted by atomic mass is 10.1. The summed E-state index contributed by atoms with van der Waals surface area (Å²) in [4.78, 5) is 15.0. The zero-order valence-electron chi connectivity index (χ0n) is 10.1. The standard InChI is InChI=1S/C13H16N2O3/c1-13(18,8-16)7-15-12(17)10-4-2-3-9-5-6-14-11(9)10/h2-6,14,16,18H,7-8H2,1H3,(H,15,17). The molecule has 1 amide bonds. The Bertz CT molecular complexity index is 560. The summed E-state index contributed by atoms with van der Waals surface area (Å²) in [6, 6.07) is 7.31. The topological polar surface area (TPSA) is 85.3 Å². The number of rotatable bonds is 4. The molecule has 0 saturated carbocycles. The number of nitrogens with one attached hydrogen (secondary N) is 2. The number of aromatic amines is 1. The van der Waals surface area contributed by atoms with E-state index in [2.05, 4.69) is 10.3 Å². The van der Waals surface area contributed by atoms with Gasteiger partial charge >= 0.3 is 0 Å². The monoisotopic (exact) mass is 248 g/mol. The number of carbonyl (C=O) groups is 1. The van der Waals surface area contributed by atoms with Gasteiger partial charge in [0.2, 0.25) is 0 Å². The predicted molar refractivity (Wildman–Crippen MR) is 68.3 cm³/mol. The predicted octanol–water partition coefficient (Wildman–Crippen LogP) is 0.641. The van der Waals surface area contributed by atoms with Crippen LogP contribution in [-0.4, -0.2) is 39.9 Å². The number of hydrogen-bond acceptors (Lipinski definition) is 3. The quantitative estimate of drug-likeness (QED) is 0.640. The molecule has 0 aliphatic heterocycles. The number of aromatic nitrogens is 1. The normalized spacial score (nSPS) is 14.4. The first kappa shape index (κ1) is 12.6. The molecule has 0 saturated heterocycles. The summed E-state index contributed by atoms with van der Waals surface area (Å²) >= 11 is 0. The molecule has 0 aliphatic carbocycles. The Hall–Kier alpha value is -1.85. The van der Waals surface area contributed by atoms with Crippen molar-refractivity contribution < 1.29 is 15.0 Å². The molecule has 0 spiro atoms. The van der Waals surface area contributed by atoms with Crippen LogP contribution in [0, 0.1) is 0 Å². The maximum absolute atomic E-state index is 12.0. The summed E-state index contributed by atoms with van der Waals surface area (Å²) in [6.07, 6.45) is 1.77. The molecule has 0 fully saturated rings. The summed E-state index contributed by atoms with van der Waals surface area (Å²) in [5.41, 5.74) is -0.0240. The molecule has 0 bridgehead atoms. The van der Waals surface area contributed by atoms with E-state index in [1.807, 2.05) is 12.1 Å². The average Bonchev–Trinajstić information content (AvgIpc) is 2.84. The van der Waals surface area contributed by atoms with Crippen LogP contribution in [0.1, 0.15) is 17.3 Å². The largest absolute Gasteiger partial charge is 0.393 e. The third kappa shape index (κ3) is 2.52. The lowest BCUT2D eigenvalue weighted by Crippen LogP contribution is -2.43. The first-order chi connectivity index (χ1) is 8.53. The van der Waals surface area contributed by atoms with E-state index in [1.54, 1.807) is 18.3 Å². The maximum Gasteiger partial charge on any atom is 0.253 e.